The van der Waals surface area contributed by atoms with Gasteiger partial charge in [0.25, 0.3) is 5.91 Å². The molecule has 0 radical (unpaired) electrons. The van der Waals surface area contributed by atoms with Crippen LogP contribution in [0.25, 0.3) is 0 Å². The lowest BCUT2D eigenvalue weighted by atomic mass is 10.0. The van der Waals surface area contributed by atoms with Crippen molar-refractivity contribution in [2.75, 3.05) is 7.11 Å². The monoisotopic (exact) mass is 312 g/mol. The van der Waals surface area contributed by atoms with E-state index in [0.717, 1.165) is 5.56 Å². The molecule has 0 aliphatic heterocycles. The van der Waals surface area contributed by atoms with E-state index in [-0.39, 0.29) is 12.3 Å². The molecule has 23 heavy (non-hydrogen) atoms. The van der Waals surface area contributed by atoms with E-state index < -0.39 is 12.0 Å². The predicted octanol–water partition coefficient (Wildman–Crippen LogP) is 1.61. The highest BCUT2D eigenvalue weighted by molar-refractivity contribution is 5.94. The van der Waals surface area contributed by atoms with Gasteiger partial charge in [0.2, 0.25) is 0 Å². The number of aryl methyl sites for hydroxylation is 1. The Labute approximate surface area is 134 Å². The fourth-order valence-electron chi connectivity index (χ4n) is 2.20. The molecule has 0 aromatic heterocycles. The van der Waals surface area contributed by atoms with Gasteiger partial charge in [0, 0.05) is 18.0 Å². The molecular weight excluding hydrogens is 294 g/mol. The largest absolute Gasteiger partial charge is 0.550 e. The predicted molar refractivity (Wildman–Crippen MR) is 84.0 cm³/mol. The molecule has 5 nitrogen and oxygen atoms in total. The number of aliphatic carboxylic acids is 1. The highest BCUT2D eigenvalue weighted by Gasteiger charge is 2.16. The van der Waals surface area contributed by atoms with Gasteiger partial charge < -0.3 is 20.0 Å². The molecule has 0 spiro atoms. The van der Waals surface area contributed by atoms with Gasteiger partial charge in [0.15, 0.2) is 0 Å². The lowest BCUT2D eigenvalue weighted by Gasteiger charge is -2.20. The summed E-state index contributed by atoms with van der Waals surface area (Å²) in [6.07, 6.45) is -0.302. The number of benzene rings is 2. The number of carboxylic acids is 1. The zero-order valence-corrected chi connectivity index (χ0v) is 13.0. The van der Waals surface area contributed by atoms with Crippen molar-refractivity contribution in [2.24, 2.45) is 0 Å². The van der Waals surface area contributed by atoms with Crippen LogP contribution in [0.3, 0.4) is 0 Å². The van der Waals surface area contributed by atoms with Crippen molar-refractivity contribution in [3.8, 4) is 5.75 Å². The number of ether oxygens (including phenoxy) is 1. The Morgan fingerprint density at radius 3 is 2.22 bits per heavy atom. The van der Waals surface area contributed by atoms with Crippen LogP contribution in [0.4, 0.5) is 0 Å². The highest BCUT2D eigenvalue weighted by Crippen LogP contribution is 2.20. The molecule has 1 N–H and O–H groups in total. The molecule has 5 heteroatoms. The summed E-state index contributed by atoms with van der Waals surface area (Å²) in [4.78, 5) is 23.3. The van der Waals surface area contributed by atoms with Crippen LogP contribution < -0.4 is 15.2 Å². The third-order valence-electron chi connectivity index (χ3n) is 3.51. The number of carboxylic acid groups (broad SMARTS) is 1. The molecule has 0 fully saturated rings. The van der Waals surface area contributed by atoms with Gasteiger partial charge >= 0.3 is 0 Å². The lowest BCUT2D eigenvalue weighted by Crippen LogP contribution is -2.34. The maximum Gasteiger partial charge on any atom is 0.251 e. The molecule has 0 aliphatic rings. The molecule has 0 bridgehead atoms. The van der Waals surface area contributed by atoms with Crippen LogP contribution in [0.5, 0.6) is 5.75 Å². The fourth-order valence-corrected chi connectivity index (χ4v) is 2.20. The molecule has 0 heterocycles. The van der Waals surface area contributed by atoms with E-state index in [9.17, 15) is 14.7 Å². The third-order valence-corrected chi connectivity index (χ3v) is 3.51. The van der Waals surface area contributed by atoms with E-state index in [1.807, 2.05) is 19.1 Å². The molecule has 0 saturated carbocycles. The van der Waals surface area contributed by atoms with Crippen molar-refractivity contribution < 1.29 is 19.4 Å². The van der Waals surface area contributed by atoms with Crippen molar-refractivity contribution >= 4 is 11.9 Å². The molecule has 1 atom stereocenters. The second-order valence-electron chi connectivity index (χ2n) is 5.24. The van der Waals surface area contributed by atoms with Gasteiger partial charge in [-0.1, -0.05) is 29.8 Å². The first-order valence-corrected chi connectivity index (χ1v) is 7.21. The zero-order valence-electron chi connectivity index (χ0n) is 13.0. The van der Waals surface area contributed by atoms with E-state index in [1.54, 1.807) is 43.5 Å². The van der Waals surface area contributed by atoms with Crippen molar-refractivity contribution in [1.82, 2.24) is 5.32 Å². The minimum Gasteiger partial charge on any atom is -0.550 e. The Kier molecular flexibility index (Phi) is 5.36. The SMILES string of the molecule is COc1ccc([C@H](CC(=O)[O-])NC(=O)c2ccc(C)cc2)cc1. The van der Waals surface area contributed by atoms with Crippen molar-refractivity contribution in [3.63, 3.8) is 0 Å². The molecule has 2 rings (SSSR count). The quantitative estimate of drug-likeness (QED) is 0.879. The van der Waals surface area contributed by atoms with Gasteiger partial charge in [0.05, 0.1) is 13.2 Å². The van der Waals surface area contributed by atoms with E-state index in [4.69, 9.17) is 4.74 Å². The summed E-state index contributed by atoms with van der Waals surface area (Å²) in [5.74, 6) is -0.895. The summed E-state index contributed by atoms with van der Waals surface area (Å²) < 4.78 is 5.08. The van der Waals surface area contributed by atoms with Crippen molar-refractivity contribution in [3.05, 3.63) is 65.2 Å². The highest BCUT2D eigenvalue weighted by atomic mass is 16.5. The average molecular weight is 312 g/mol. The van der Waals surface area contributed by atoms with Crippen LogP contribution >= 0.6 is 0 Å². The summed E-state index contributed by atoms with van der Waals surface area (Å²) >= 11 is 0. The Bertz CT molecular complexity index is 677. The van der Waals surface area contributed by atoms with Crippen LogP contribution in [0.2, 0.25) is 0 Å². The summed E-state index contributed by atoms with van der Waals surface area (Å²) in [6.45, 7) is 1.93. The molecule has 0 aliphatic carbocycles. The van der Waals surface area contributed by atoms with Crippen molar-refractivity contribution in [2.45, 2.75) is 19.4 Å². The van der Waals surface area contributed by atoms with Gasteiger partial charge in [-0.25, -0.2) is 0 Å². The third kappa shape index (κ3) is 4.57. The second-order valence-corrected chi connectivity index (χ2v) is 5.24. The number of amides is 1. The number of methoxy groups -OCH3 is 1. The topological polar surface area (TPSA) is 78.5 Å². The number of hydrogen-bond acceptors (Lipinski definition) is 4. The first-order chi connectivity index (χ1) is 11.0. The fraction of sp³-hybridized carbons (Fsp3) is 0.222. The number of rotatable bonds is 6. The average Bonchev–Trinajstić information content (AvgIpc) is 2.54. The van der Waals surface area contributed by atoms with Crippen LogP contribution in [-0.2, 0) is 4.79 Å². The number of nitrogens with one attached hydrogen (secondary N) is 1. The Morgan fingerprint density at radius 2 is 1.70 bits per heavy atom. The van der Waals surface area contributed by atoms with Crippen LogP contribution in [0.15, 0.2) is 48.5 Å². The minimum atomic E-state index is -1.23. The maximum atomic E-state index is 12.3. The second kappa shape index (κ2) is 7.45. The Hall–Kier alpha value is -2.82. The van der Waals surface area contributed by atoms with E-state index in [2.05, 4.69) is 5.32 Å². The van der Waals surface area contributed by atoms with Gasteiger partial charge in [0.1, 0.15) is 5.75 Å². The van der Waals surface area contributed by atoms with Crippen molar-refractivity contribution in [1.29, 1.82) is 0 Å². The maximum absolute atomic E-state index is 12.3. The summed E-state index contributed by atoms with van der Waals surface area (Å²) in [5.41, 5.74) is 2.20. The molecule has 1 amide bonds. The normalized spacial score (nSPS) is 11.6. The van der Waals surface area contributed by atoms with Gasteiger partial charge in [-0.05, 0) is 36.8 Å². The Balaban J connectivity index is 2.18. The molecule has 120 valence electrons. The van der Waals surface area contributed by atoms with Gasteiger partial charge in [-0.2, -0.15) is 0 Å². The number of hydrogen-bond donors (Lipinski definition) is 1. The molecule has 0 saturated heterocycles. The van der Waals surface area contributed by atoms with E-state index in [1.165, 1.54) is 0 Å². The molecule has 0 unspecified atom stereocenters. The number of carbonyl (C=O) groups is 2. The summed E-state index contributed by atoms with van der Waals surface area (Å²) in [6, 6.07) is 13.3. The standard InChI is InChI=1S/C18H19NO4/c1-12-3-5-14(6-4-12)18(22)19-16(11-17(20)21)13-7-9-15(23-2)10-8-13/h3-10,16H,11H2,1-2H3,(H,19,22)(H,20,21)/p-1/t16-/m0/s1. The smallest absolute Gasteiger partial charge is 0.251 e. The summed E-state index contributed by atoms with van der Waals surface area (Å²) in [7, 11) is 1.55. The summed E-state index contributed by atoms with van der Waals surface area (Å²) in [5, 5.41) is 13.7. The Morgan fingerprint density at radius 1 is 1.09 bits per heavy atom. The van der Waals surface area contributed by atoms with E-state index in [0.29, 0.717) is 16.9 Å². The van der Waals surface area contributed by atoms with Gasteiger partial charge in [-0.15, -0.1) is 0 Å². The molecular formula is C18H18NO4-. The molecule has 2 aromatic carbocycles. The van der Waals surface area contributed by atoms with Crippen LogP contribution in [0.1, 0.15) is 33.9 Å². The van der Waals surface area contributed by atoms with Crippen LogP contribution in [0, 0.1) is 6.92 Å². The first kappa shape index (κ1) is 16.5. The minimum absolute atomic E-state index is 0.302. The number of carbonyl (C=O) groups excluding carboxylic acids is 2. The van der Waals surface area contributed by atoms with E-state index >= 15 is 0 Å². The zero-order chi connectivity index (χ0) is 16.8. The first-order valence-electron chi connectivity index (χ1n) is 7.21. The van der Waals surface area contributed by atoms with Gasteiger partial charge in [-0.3, -0.25) is 4.79 Å². The van der Waals surface area contributed by atoms with Crippen LogP contribution in [-0.4, -0.2) is 19.0 Å². The lowest BCUT2D eigenvalue weighted by molar-refractivity contribution is -0.306. The molecule has 2 aromatic rings.